The molecule has 3 N–H and O–H groups in total. The number of H-pyrrole nitrogens is 1. The number of benzene rings is 1. The summed E-state index contributed by atoms with van der Waals surface area (Å²) in [5, 5.41) is 0. The number of anilines is 1. The van der Waals surface area contributed by atoms with Crippen LogP contribution in [0.3, 0.4) is 0 Å². The molecule has 162 valence electrons. The molecule has 3 heterocycles. The third-order valence-electron chi connectivity index (χ3n) is 6.60. The van der Waals surface area contributed by atoms with E-state index in [2.05, 4.69) is 4.98 Å². The lowest BCUT2D eigenvalue weighted by atomic mass is 9.92. The molecule has 2 fully saturated rings. The maximum atomic E-state index is 15.2. The zero-order chi connectivity index (χ0) is 21.9. The average molecular weight is 426 g/mol. The fraction of sp³-hybridized carbons (Fsp3) is 0.391. The van der Waals surface area contributed by atoms with Gasteiger partial charge in [0.1, 0.15) is 6.17 Å². The molecule has 8 heteroatoms. The van der Waals surface area contributed by atoms with Crippen LogP contribution in [0.25, 0.3) is 5.52 Å². The van der Waals surface area contributed by atoms with Gasteiger partial charge in [-0.3, -0.25) is 14.2 Å². The molecular weight excluding hydrogens is 402 g/mol. The predicted molar refractivity (Wildman–Crippen MR) is 115 cm³/mol. The van der Waals surface area contributed by atoms with Gasteiger partial charge in [-0.25, -0.2) is 13.6 Å². The quantitative estimate of drug-likeness (QED) is 0.672. The Bertz CT molecular complexity index is 1270. The van der Waals surface area contributed by atoms with Crippen LogP contribution in [-0.4, -0.2) is 28.6 Å². The largest absolute Gasteiger partial charge is 0.365 e. The molecule has 0 radical (unpaired) electrons. The second-order valence-corrected chi connectivity index (χ2v) is 8.64. The van der Waals surface area contributed by atoms with Crippen LogP contribution in [0.15, 0.2) is 46.1 Å². The van der Waals surface area contributed by atoms with Crippen molar-refractivity contribution in [1.29, 1.82) is 0 Å². The van der Waals surface area contributed by atoms with Crippen LogP contribution < -0.4 is 21.9 Å². The molecule has 1 saturated heterocycles. The lowest BCUT2D eigenvalue weighted by Crippen LogP contribution is -2.31. The standard InChI is InChI=1S/C23H24F2N4O2/c1-12-20(28-9-15(16(24)10-28)19(26)14-5-3-2-4-6-14)17(25)11-29-21(12)18(13-7-8-13)22(30)27-23(29)31/h2-6,11,13,15-16,19H,7-10,26H2,1H3,(H,27,30,31). The molecule has 0 spiro atoms. The number of aromatic amines is 1. The first-order valence-electron chi connectivity index (χ1n) is 10.5. The van der Waals surface area contributed by atoms with Gasteiger partial charge in [-0.1, -0.05) is 30.3 Å². The Morgan fingerprint density at radius 2 is 1.87 bits per heavy atom. The van der Waals surface area contributed by atoms with E-state index in [1.807, 2.05) is 30.3 Å². The number of nitrogens with two attached hydrogens (primary N) is 1. The van der Waals surface area contributed by atoms with Crippen molar-refractivity contribution < 1.29 is 8.78 Å². The van der Waals surface area contributed by atoms with Crippen molar-refractivity contribution in [2.45, 2.75) is 37.9 Å². The van der Waals surface area contributed by atoms with Gasteiger partial charge in [0.2, 0.25) is 0 Å². The van der Waals surface area contributed by atoms with Gasteiger partial charge in [-0.15, -0.1) is 0 Å². The third kappa shape index (κ3) is 3.26. The van der Waals surface area contributed by atoms with Gasteiger partial charge in [-0.05, 0) is 31.2 Å². The van der Waals surface area contributed by atoms with E-state index in [9.17, 15) is 9.59 Å². The van der Waals surface area contributed by atoms with Crippen molar-refractivity contribution in [3.8, 4) is 0 Å². The van der Waals surface area contributed by atoms with Crippen molar-refractivity contribution in [1.82, 2.24) is 9.38 Å². The fourth-order valence-electron chi connectivity index (χ4n) is 4.91. The lowest BCUT2D eigenvalue weighted by molar-refractivity contribution is 0.254. The van der Waals surface area contributed by atoms with Gasteiger partial charge in [0.15, 0.2) is 5.82 Å². The van der Waals surface area contributed by atoms with Gasteiger partial charge in [0.05, 0.1) is 17.4 Å². The Balaban J connectivity index is 1.59. The van der Waals surface area contributed by atoms with Gasteiger partial charge < -0.3 is 10.6 Å². The Kier molecular flexibility index (Phi) is 4.69. The number of rotatable bonds is 4. The fourth-order valence-corrected chi connectivity index (χ4v) is 4.91. The van der Waals surface area contributed by atoms with Crippen LogP contribution in [0, 0.1) is 18.7 Å². The van der Waals surface area contributed by atoms with E-state index in [0.29, 0.717) is 16.6 Å². The van der Waals surface area contributed by atoms with Crippen LogP contribution in [-0.2, 0) is 0 Å². The lowest BCUT2D eigenvalue weighted by Gasteiger charge is -2.24. The minimum absolute atomic E-state index is 0.00528. The predicted octanol–water partition coefficient (Wildman–Crippen LogP) is 2.79. The van der Waals surface area contributed by atoms with Gasteiger partial charge in [0.25, 0.3) is 5.56 Å². The molecular formula is C23H24F2N4O2. The molecule has 31 heavy (non-hydrogen) atoms. The zero-order valence-corrected chi connectivity index (χ0v) is 17.1. The molecule has 0 bridgehead atoms. The first-order chi connectivity index (χ1) is 14.9. The highest BCUT2D eigenvalue weighted by molar-refractivity contribution is 5.72. The number of aryl methyl sites for hydroxylation is 1. The molecule has 6 nitrogen and oxygen atoms in total. The summed E-state index contributed by atoms with van der Waals surface area (Å²) in [6.45, 7) is 1.94. The molecule has 2 aliphatic rings. The molecule has 3 atom stereocenters. The van der Waals surface area contributed by atoms with Gasteiger partial charge in [0, 0.05) is 36.2 Å². The summed E-state index contributed by atoms with van der Waals surface area (Å²) >= 11 is 0. The van der Waals surface area contributed by atoms with E-state index in [1.165, 1.54) is 4.40 Å². The monoisotopic (exact) mass is 426 g/mol. The van der Waals surface area contributed by atoms with E-state index in [1.54, 1.807) is 11.8 Å². The number of aromatic nitrogens is 2. The molecule has 1 aromatic carbocycles. The Labute approximate surface area is 177 Å². The molecule has 1 aliphatic carbocycles. The summed E-state index contributed by atoms with van der Waals surface area (Å²) in [6.07, 6.45) is 1.58. The maximum absolute atomic E-state index is 15.2. The molecule has 2 aromatic heterocycles. The zero-order valence-electron chi connectivity index (χ0n) is 17.1. The average Bonchev–Trinajstić information content (AvgIpc) is 3.51. The Morgan fingerprint density at radius 3 is 2.55 bits per heavy atom. The number of nitrogens with one attached hydrogen (secondary N) is 1. The van der Waals surface area contributed by atoms with Crippen molar-refractivity contribution in [2.24, 2.45) is 11.7 Å². The van der Waals surface area contributed by atoms with E-state index in [4.69, 9.17) is 5.73 Å². The second kappa shape index (κ2) is 7.30. The Hall–Kier alpha value is -3.00. The number of alkyl halides is 1. The number of halogens is 2. The maximum Gasteiger partial charge on any atom is 0.333 e. The van der Waals surface area contributed by atoms with Crippen molar-refractivity contribution in [3.05, 3.63) is 79.9 Å². The molecule has 1 aliphatic heterocycles. The smallest absolute Gasteiger partial charge is 0.333 e. The number of hydrogen-bond donors (Lipinski definition) is 2. The van der Waals surface area contributed by atoms with Crippen LogP contribution >= 0.6 is 0 Å². The number of hydrogen-bond acceptors (Lipinski definition) is 4. The highest BCUT2D eigenvalue weighted by atomic mass is 19.1. The summed E-state index contributed by atoms with van der Waals surface area (Å²) in [6, 6.07) is 8.80. The van der Waals surface area contributed by atoms with E-state index in [0.717, 1.165) is 24.6 Å². The first-order valence-corrected chi connectivity index (χ1v) is 10.5. The number of nitrogens with zero attached hydrogens (tertiary/aromatic N) is 2. The van der Waals surface area contributed by atoms with Crippen molar-refractivity contribution in [2.75, 3.05) is 18.0 Å². The SMILES string of the molecule is Cc1c(N2CC(F)C(C(N)c3ccccc3)C2)c(F)cn2c(=O)[nH]c(=O)c(C3CC3)c12. The van der Waals surface area contributed by atoms with Crippen LogP contribution in [0.4, 0.5) is 14.5 Å². The number of pyridine rings is 1. The first kappa shape index (κ1) is 19.9. The summed E-state index contributed by atoms with van der Waals surface area (Å²) < 4.78 is 31.4. The highest BCUT2D eigenvalue weighted by Gasteiger charge is 2.39. The second-order valence-electron chi connectivity index (χ2n) is 8.64. The van der Waals surface area contributed by atoms with Crippen LogP contribution in [0.2, 0.25) is 0 Å². The van der Waals surface area contributed by atoms with E-state index in [-0.39, 0.29) is 24.7 Å². The van der Waals surface area contributed by atoms with E-state index < -0.39 is 35.2 Å². The molecule has 3 aromatic rings. The summed E-state index contributed by atoms with van der Waals surface area (Å²) in [5.74, 6) is -1.06. The number of fused-ring (bicyclic) bond motifs is 1. The Morgan fingerprint density at radius 1 is 1.16 bits per heavy atom. The van der Waals surface area contributed by atoms with Crippen molar-refractivity contribution in [3.63, 3.8) is 0 Å². The minimum Gasteiger partial charge on any atom is -0.365 e. The topological polar surface area (TPSA) is 83.6 Å². The molecule has 5 rings (SSSR count). The molecule has 0 amide bonds. The normalized spacial score (nSPS) is 22.3. The van der Waals surface area contributed by atoms with Crippen LogP contribution in [0.5, 0.6) is 0 Å². The van der Waals surface area contributed by atoms with Crippen molar-refractivity contribution >= 4 is 11.2 Å². The van der Waals surface area contributed by atoms with E-state index >= 15 is 8.78 Å². The summed E-state index contributed by atoms with van der Waals surface area (Å²) in [4.78, 5) is 28.8. The minimum atomic E-state index is -1.23. The molecule has 3 unspecified atom stereocenters. The molecule has 1 saturated carbocycles. The summed E-state index contributed by atoms with van der Waals surface area (Å²) in [7, 11) is 0. The van der Waals surface area contributed by atoms with Gasteiger partial charge in [-0.2, -0.15) is 0 Å². The van der Waals surface area contributed by atoms with Crippen LogP contribution in [0.1, 0.15) is 41.5 Å². The summed E-state index contributed by atoms with van der Waals surface area (Å²) in [5.41, 5.74) is 7.74. The van der Waals surface area contributed by atoms with Gasteiger partial charge >= 0.3 is 5.69 Å². The third-order valence-corrected chi connectivity index (χ3v) is 6.60. The highest BCUT2D eigenvalue weighted by Crippen LogP contribution is 2.42.